The van der Waals surface area contributed by atoms with E-state index in [4.69, 9.17) is 25.7 Å². The number of aliphatic hydroxyl groups excluding tert-OH is 1. The standard InChI is InChI=1S/C31H54N2O6/c1-20(2)23(16-22-10-11-28(38-8)29(17-22)39-15-9-14-37-7)18-25(32)27(35)19-24(21(3)4)26(34)12-13-31(5,6)30(33)36/h10-11,17,20-21,23-25,27,35H,9,12-16,18-19,32H2,1-8H3,(H2,33,36). The Kier molecular flexibility index (Phi) is 15.0. The van der Waals surface area contributed by atoms with Crippen molar-refractivity contribution in [2.24, 2.45) is 40.6 Å². The summed E-state index contributed by atoms with van der Waals surface area (Å²) >= 11 is 0. The number of ether oxygens (including phenoxy) is 3. The van der Waals surface area contributed by atoms with E-state index < -0.39 is 23.5 Å². The molecule has 0 aliphatic carbocycles. The Morgan fingerprint density at radius 2 is 1.67 bits per heavy atom. The van der Waals surface area contributed by atoms with Crippen molar-refractivity contribution in [3.8, 4) is 11.5 Å². The molecule has 8 heteroatoms. The third-order valence-corrected chi connectivity index (χ3v) is 7.87. The highest BCUT2D eigenvalue weighted by Crippen LogP contribution is 2.32. The summed E-state index contributed by atoms with van der Waals surface area (Å²) in [6, 6.07) is 5.52. The topological polar surface area (TPSA) is 134 Å². The smallest absolute Gasteiger partial charge is 0.223 e. The third kappa shape index (κ3) is 11.9. The minimum Gasteiger partial charge on any atom is -0.493 e. The van der Waals surface area contributed by atoms with Gasteiger partial charge in [0.1, 0.15) is 5.78 Å². The summed E-state index contributed by atoms with van der Waals surface area (Å²) in [5, 5.41) is 11.1. The largest absolute Gasteiger partial charge is 0.493 e. The van der Waals surface area contributed by atoms with E-state index in [1.165, 1.54) is 0 Å². The van der Waals surface area contributed by atoms with Gasteiger partial charge in [0.05, 0.1) is 19.8 Å². The third-order valence-electron chi connectivity index (χ3n) is 7.87. The van der Waals surface area contributed by atoms with Crippen LogP contribution >= 0.6 is 0 Å². The van der Waals surface area contributed by atoms with Crippen molar-refractivity contribution in [3.63, 3.8) is 0 Å². The van der Waals surface area contributed by atoms with Crippen LogP contribution in [-0.4, -0.2) is 56.4 Å². The first-order valence-corrected chi connectivity index (χ1v) is 14.3. The fourth-order valence-electron chi connectivity index (χ4n) is 4.70. The van der Waals surface area contributed by atoms with Gasteiger partial charge in [0, 0.05) is 43.9 Å². The second kappa shape index (κ2) is 16.8. The lowest BCUT2D eigenvalue weighted by molar-refractivity contribution is -0.128. The van der Waals surface area contributed by atoms with Gasteiger partial charge in [-0.15, -0.1) is 0 Å². The molecule has 1 rings (SSSR count). The Labute approximate surface area is 236 Å². The molecular formula is C31H54N2O6. The van der Waals surface area contributed by atoms with E-state index in [1.807, 2.05) is 32.0 Å². The van der Waals surface area contributed by atoms with Gasteiger partial charge in [-0.25, -0.2) is 0 Å². The Morgan fingerprint density at radius 3 is 2.21 bits per heavy atom. The van der Waals surface area contributed by atoms with E-state index in [-0.39, 0.29) is 30.0 Å². The summed E-state index contributed by atoms with van der Waals surface area (Å²) < 4.78 is 16.5. The molecule has 1 amide bonds. The summed E-state index contributed by atoms with van der Waals surface area (Å²) in [6.45, 7) is 13.0. The average Bonchev–Trinajstić information content (AvgIpc) is 2.87. The zero-order valence-corrected chi connectivity index (χ0v) is 25.5. The molecule has 0 bridgehead atoms. The molecule has 0 fully saturated rings. The summed E-state index contributed by atoms with van der Waals surface area (Å²) in [7, 11) is 3.30. The molecule has 0 spiro atoms. The number of aliphatic hydroxyl groups is 1. The van der Waals surface area contributed by atoms with Crippen molar-refractivity contribution in [3.05, 3.63) is 23.8 Å². The van der Waals surface area contributed by atoms with Gasteiger partial charge in [-0.1, -0.05) is 47.6 Å². The lowest BCUT2D eigenvalue weighted by Crippen LogP contribution is -2.41. The van der Waals surface area contributed by atoms with Crippen LogP contribution in [-0.2, 0) is 20.7 Å². The highest BCUT2D eigenvalue weighted by molar-refractivity contribution is 5.84. The quantitative estimate of drug-likeness (QED) is 0.203. The summed E-state index contributed by atoms with van der Waals surface area (Å²) in [5.41, 5.74) is 12.4. The van der Waals surface area contributed by atoms with Crippen LogP contribution in [0.5, 0.6) is 11.5 Å². The summed E-state index contributed by atoms with van der Waals surface area (Å²) in [5.74, 6) is 1.32. The summed E-state index contributed by atoms with van der Waals surface area (Å²) in [4.78, 5) is 24.7. The second-order valence-corrected chi connectivity index (χ2v) is 12.2. The number of rotatable bonds is 20. The normalized spacial score (nSPS) is 15.2. The van der Waals surface area contributed by atoms with Crippen LogP contribution < -0.4 is 20.9 Å². The van der Waals surface area contributed by atoms with Crippen LogP contribution in [0.4, 0.5) is 0 Å². The zero-order chi connectivity index (χ0) is 29.8. The lowest BCUT2D eigenvalue weighted by atomic mass is 9.78. The molecular weight excluding hydrogens is 496 g/mol. The van der Waals surface area contributed by atoms with Gasteiger partial charge in [0.15, 0.2) is 11.5 Å². The first-order chi connectivity index (χ1) is 18.2. The minimum atomic E-state index is -0.803. The maximum absolute atomic E-state index is 13.0. The molecule has 0 saturated heterocycles. The number of primary amides is 1. The predicted molar refractivity (Wildman–Crippen MR) is 156 cm³/mol. The first-order valence-electron chi connectivity index (χ1n) is 14.3. The van der Waals surface area contributed by atoms with E-state index >= 15 is 0 Å². The van der Waals surface area contributed by atoms with Gasteiger partial charge in [0.2, 0.25) is 5.91 Å². The fourth-order valence-corrected chi connectivity index (χ4v) is 4.70. The first kappa shape index (κ1) is 34.9. The van der Waals surface area contributed by atoms with Gasteiger partial charge in [-0.05, 0) is 61.1 Å². The average molecular weight is 551 g/mol. The number of nitrogens with two attached hydrogens (primary N) is 2. The van der Waals surface area contributed by atoms with Gasteiger partial charge in [0.25, 0.3) is 0 Å². The van der Waals surface area contributed by atoms with Gasteiger partial charge >= 0.3 is 0 Å². The molecule has 8 nitrogen and oxygen atoms in total. The Bertz CT molecular complexity index is 886. The van der Waals surface area contributed by atoms with Crippen LogP contribution in [0.25, 0.3) is 0 Å². The lowest BCUT2D eigenvalue weighted by Gasteiger charge is -2.30. The number of Topliss-reactive ketones (excluding diaryl/α,β-unsaturated/α-hetero) is 1. The van der Waals surface area contributed by atoms with Gasteiger partial charge in [-0.3, -0.25) is 9.59 Å². The number of hydrogen-bond acceptors (Lipinski definition) is 7. The maximum Gasteiger partial charge on any atom is 0.223 e. The van der Waals surface area contributed by atoms with Crippen LogP contribution in [0.15, 0.2) is 18.2 Å². The van der Waals surface area contributed by atoms with E-state index in [0.717, 1.165) is 18.4 Å². The van der Waals surface area contributed by atoms with E-state index in [2.05, 4.69) is 13.8 Å². The molecule has 0 radical (unpaired) electrons. The second-order valence-electron chi connectivity index (χ2n) is 12.2. The van der Waals surface area contributed by atoms with Crippen molar-refractivity contribution in [1.29, 1.82) is 0 Å². The van der Waals surface area contributed by atoms with Crippen molar-refractivity contribution in [2.45, 2.75) is 92.2 Å². The molecule has 0 heterocycles. The zero-order valence-electron chi connectivity index (χ0n) is 25.5. The van der Waals surface area contributed by atoms with Crippen molar-refractivity contribution < 1.29 is 28.9 Å². The number of carbonyl (C=O) groups is 2. The van der Waals surface area contributed by atoms with Crippen molar-refractivity contribution >= 4 is 11.7 Å². The van der Waals surface area contributed by atoms with E-state index in [9.17, 15) is 14.7 Å². The molecule has 4 unspecified atom stereocenters. The molecule has 0 aromatic heterocycles. The highest BCUT2D eigenvalue weighted by atomic mass is 16.5. The summed E-state index contributed by atoms with van der Waals surface area (Å²) in [6.07, 6.45) is 2.34. The van der Waals surface area contributed by atoms with Crippen LogP contribution in [0.2, 0.25) is 0 Å². The van der Waals surface area contributed by atoms with Gasteiger partial charge in [-0.2, -0.15) is 0 Å². The molecule has 39 heavy (non-hydrogen) atoms. The van der Waals surface area contributed by atoms with Crippen molar-refractivity contribution in [1.82, 2.24) is 0 Å². The number of methoxy groups -OCH3 is 2. The molecule has 4 atom stereocenters. The minimum absolute atomic E-state index is 0.0437. The SMILES string of the molecule is COCCCOc1cc(CC(CC(N)C(O)CC(C(=O)CCC(C)(C)C(N)=O)C(C)C)C(C)C)ccc1OC. The molecule has 5 N–H and O–H groups in total. The molecule has 224 valence electrons. The van der Waals surface area contributed by atoms with Crippen LogP contribution in [0.3, 0.4) is 0 Å². The van der Waals surface area contributed by atoms with E-state index in [0.29, 0.717) is 49.9 Å². The van der Waals surface area contributed by atoms with E-state index in [1.54, 1.807) is 28.1 Å². The monoisotopic (exact) mass is 550 g/mol. The Hall–Kier alpha value is -2.16. The van der Waals surface area contributed by atoms with Gasteiger partial charge < -0.3 is 30.8 Å². The fraction of sp³-hybridized carbons (Fsp3) is 0.742. The number of benzene rings is 1. The molecule has 1 aromatic carbocycles. The molecule has 0 saturated carbocycles. The van der Waals surface area contributed by atoms with Crippen molar-refractivity contribution in [2.75, 3.05) is 27.4 Å². The number of amides is 1. The maximum atomic E-state index is 13.0. The molecule has 1 aromatic rings. The molecule has 0 aliphatic heterocycles. The predicted octanol–water partition coefficient (Wildman–Crippen LogP) is 4.53. The number of carbonyl (C=O) groups excluding carboxylic acids is 2. The number of ketones is 1. The Balaban J connectivity index is 2.87. The Morgan fingerprint density at radius 1 is 1.00 bits per heavy atom. The van der Waals surface area contributed by atoms with Crippen LogP contribution in [0.1, 0.15) is 79.2 Å². The van der Waals surface area contributed by atoms with Crippen LogP contribution in [0, 0.1) is 29.1 Å². The number of hydrogen-bond donors (Lipinski definition) is 3. The highest BCUT2D eigenvalue weighted by Gasteiger charge is 2.32. The molecule has 0 aliphatic rings.